The third-order valence-electron chi connectivity index (χ3n) is 4.80. The van der Waals surface area contributed by atoms with Gasteiger partial charge >= 0.3 is 5.97 Å². The van der Waals surface area contributed by atoms with E-state index in [2.05, 4.69) is 10.3 Å². The Morgan fingerprint density at radius 2 is 1.76 bits per heavy atom. The van der Waals surface area contributed by atoms with Gasteiger partial charge in [0.15, 0.2) is 24.0 Å². The lowest BCUT2D eigenvalue weighted by Crippen LogP contribution is -2.27. The van der Waals surface area contributed by atoms with Gasteiger partial charge in [-0.1, -0.05) is 20.8 Å². The first kappa shape index (κ1) is 24.8. The lowest BCUT2D eigenvalue weighted by atomic mass is 9.95. The summed E-state index contributed by atoms with van der Waals surface area (Å²) in [7, 11) is 0. The van der Waals surface area contributed by atoms with Crippen LogP contribution in [0.1, 0.15) is 43.4 Å². The number of ketones is 1. The average molecular weight is 470 g/mol. The summed E-state index contributed by atoms with van der Waals surface area (Å²) in [6, 6.07) is 9.35. The summed E-state index contributed by atoms with van der Waals surface area (Å²) < 4.78 is 37.3. The van der Waals surface area contributed by atoms with Gasteiger partial charge in [0.25, 0.3) is 0 Å². The minimum Gasteiger partial charge on any atom is -0.457 e. The zero-order valence-electron chi connectivity index (χ0n) is 19.0. The SMILES string of the molecule is CC(C)(C)C(=O)Nc1ccc(C(=O)COC(=O)CCc2ncc(-c3ccc(F)cc3F)o2)cc1. The molecule has 1 aromatic heterocycles. The Morgan fingerprint density at radius 1 is 1.06 bits per heavy atom. The number of aryl methyl sites for hydroxylation is 1. The van der Waals surface area contributed by atoms with Gasteiger partial charge in [-0.05, 0) is 36.4 Å². The van der Waals surface area contributed by atoms with Crippen LogP contribution >= 0.6 is 0 Å². The van der Waals surface area contributed by atoms with Crippen LogP contribution in [0.2, 0.25) is 0 Å². The Morgan fingerprint density at radius 3 is 2.41 bits per heavy atom. The molecule has 0 saturated carbocycles. The molecule has 1 heterocycles. The van der Waals surface area contributed by atoms with Gasteiger partial charge in [-0.2, -0.15) is 0 Å². The predicted molar refractivity (Wildman–Crippen MR) is 120 cm³/mol. The Kier molecular flexibility index (Phi) is 7.55. The molecule has 1 N–H and O–H groups in total. The van der Waals surface area contributed by atoms with E-state index >= 15 is 0 Å². The Labute approximate surface area is 195 Å². The number of oxazole rings is 1. The maximum atomic E-state index is 13.8. The minimum absolute atomic E-state index is 0.0531. The largest absolute Gasteiger partial charge is 0.457 e. The van der Waals surface area contributed by atoms with Gasteiger partial charge in [-0.3, -0.25) is 14.4 Å². The van der Waals surface area contributed by atoms with Crippen LogP contribution in [0.5, 0.6) is 0 Å². The average Bonchev–Trinajstić information content (AvgIpc) is 3.24. The van der Waals surface area contributed by atoms with Crippen molar-refractivity contribution in [3.63, 3.8) is 0 Å². The van der Waals surface area contributed by atoms with E-state index in [-0.39, 0.29) is 36.0 Å². The van der Waals surface area contributed by atoms with Gasteiger partial charge < -0.3 is 14.5 Å². The van der Waals surface area contributed by atoms with Gasteiger partial charge in [0.05, 0.1) is 18.2 Å². The van der Waals surface area contributed by atoms with Crippen LogP contribution in [0.25, 0.3) is 11.3 Å². The van der Waals surface area contributed by atoms with Crippen molar-refractivity contribution in [3.8, 4) is 11.3 Å². The molecule has 0 radical (unpaired) electrons. The highest BCUT2D eigenvalue weighted by atomic mass is 19.1. The fraction of sp³-hybridized carbons (Fsp3) is 0.280. The quantitative estimate of drug-likeness (QED) is 0.369. The Bertz CT molecular complexity index is 1200. The highest BCUT2D eigenvalue weighted by Crippen LogP contribution is 2.24. The van der Waals surface area contributed by atoms with Crippen molar-refractivity contribution in [2.45, 2.75) is 33.6 Å². The Balaban J connectivity index is 1.47. The summed E-state index contributed by atoms with van der Waals surface area (Å²) in [6.45, 7) is 4.94. The summed E-state index contributed by atoms with van der Waals surface area (Å²) in [6.07, 6.45) is 1.27. The van der Waals surface area contributed by atoms with Crippen LogP contribution < -0.4 is 5.32 Å². The number of Topliss-reactive ketones (excluding diaryl/α,β-unsaturated/α-hetero) is 1. The summed E-state index contributed by atoms with van der Waals surface area (Å²) in [5.74, 6) is -2.39. The number of hydrogen-bond acceptors (Lipinski definition) is 6. The van der Waals surface area contributed by atoms with Crippen molar-refractivity contribution in [3.05, 3.63) is 71.8 Å². The smallest absolute Gasteiger partial charge is 0.306 e. The fourth-order valence-corrected chi connectivity index (χ4v) is 2.81. The van der Waals surface area contributed by atoms with Crippen molar-refractivity contribution in [1.82, 2.24) is 4.98 Å². The molecule has 0 saturated heterocycles. The first-order valence-electron chi connectivity index (χ1n) is 10.5. The van der Waals surface area contributed by atoms with Crippen LogP contribution in [0, 0.1) is 17.0 Å². The molecule has 0 aliphatic carbocycles. The van der Waals surface area contributed by atoms with E-state index < -0.39 is 35.4 Å². The van der Waals surface area contributed by atoms with Crippen LogP contribution in [0.4, 0.5) is 14.5 Å². The monoisotopic (exact) mass is 470 g/mol. The number of aromatic nitrogens is 1. The number of ether oxygens (including phenoxy) is 1. The van der Waals surface area contributed by atoms with E-state index in [1.807, 2.05) is 0 Å². The molecule has 9 heteroatoms. The first-order valence-corrected chi connectivity index (χ1v) is 10.5. The number of esters is 1. The van der Waals surface area contributed by atoms with E-state index in [0.29, 0.717) is 11.3 Å². The second-order valence-electron chi connectivity index (χ2n) is 8.61. The molecule has 0 unspecified atom stereocenters. The van der Waals surface area contributed by atoms with Gasteiger partial charge in [-0.15, -0.1) is 0 Å². The van der Waals surface area contributed by atoms with Crippen molar-refractivity contribution >= 4 is 23.3 Å². The van der Waals surface area contributed by atoms with E-state index in [9.17, 15) is 23.2 Å². The third kappa shape index (κ3) is 6.57. The lowest BCUT2D eigenvalue weighted by Gasteiger charge is -2.17. The standard InChI is InChI=1S/C25H24F2N2O5/c1-25(2,3)24(32)29-17-7-4-15(5-8-17)20(30)14-33-23(31)11-10-22-28-13-21(34-22)18-9-6-16(26)12-19(18)27/h4-9,12-13H,10-11,14H2,1-3H3,(H,29,32). The summed E-state index contributed by atoms with van der Waals surface area (Å²) in [5, 5.41) is 2.76. The van der Waals surface area contributed by atoms with E-state index in [4.69, 9.17) is 9.15 Å². The summed E-state index contributed by atoms with van der Waals surface area (Å²) >= 11 is 0. The number of carbonyl (C=O) groups is 3. The number of rotatable bonds is 8. The van der Waals surface area contributed by atoms with Crippen molar-refractivity contribution < 1.29 is 32.3 Å². The van der Waals surface area contributed by atoms with Gasteiger partial charge in [-0.25, -0.2) is 13.8 Å². The van der Waals surface area contributed by atoms with Crippen LogP contribution in [0.15, 0.2) is 53.1 Å². The fourth-order valence-electron chi connectivity index (χ4n) is 2.81. The first-order chi connectivity index (χ1) is 16.0. The molecule has 178 valence electrons. The second kappa shape index (κ2) is 10.4. The van der Waals surface area contributed by atoms with Gasteiger partial charge in [0, 0.05) is 29.2 Å². The number of nitrogens with zero attached hydrogens (tertiary/aromatic N) is 1. The molecule has 0 spiro atoms. The van der Waals surface area contributed by atoms with Gasteiger partial charge in [0.1, 0.15) is 11.6 Å². The summed E-state index contributed by atoms with van der Waals surface area (Å²) in [4.78, 5) is 40.3. The normalized spacial score (nSPS) is 11.2. The molecule has 0 aliphatic rings. The molecule has 3 rings (SSSR count). The summed E-state index contributed by atoms with van der Waals surface area (Å²) in [5.41, 5.74) is 0.392. The zero-order chi connectivity index (χ0) is 24.9. The van der Waals surface area contributed by atoms with Crippen molar-refractivity contribution in [2.75, 3.05) is 11.9 Å². The highest BCUT2D eigenvalue weighted by Gasteiger charge is 2.21. The molecule has 0 aliphatic heterocycles. The number of hydrogen-bond donors (Lipinski definition) is 1. The van der Waals surface area contributed by atoms with Crippen LogP contribution in [0.3, 0.4) is 0 Å². The molecule has 0 atom stereocenters. The molecule has 3 aromatic rings. The topological polar surface area (TPSA) is 98.5 Å². The molecule has 34 heavy (non-hydrogen) atoms. The van der Waals surface area contributed by atoms with Gasteiger partial charge in [0.2, 0.25) is 5.91 Å². The van der Waals surface area contributed by atoms with E-state index in [1.54, 1.807) is 32.9 Å². The highest BCUT2D eigenvalue weighted by molar-refractivity contribution is 5.99. The maximum absolute atomic E-state index is 13.8. The van der Waals surface area contributed by atoms with E-state index in [0.717, 1.165) is 12.1 Å². The van der Waals surface area contributed by atoms with Crippen molar-refractivity contribution in [1.29, 1.82) is 0 Å². The molecular weight excluding hydrogens is 446 g/mol. The number of nitrogens with one attached hydrogen (secondary N) is 1. The zero-order valence-corrected chi connectivity index (χ0v) is 19.0. The molecular formula is C25H24F2N2O5. The number of amides is 1. The van der Waals surface area contributed by atoms with Crippen LogP contribution in [-0.2, 0) is 20.7 Å². The lowest BCUT2D eigenvalue weighted by molar-refractivity contribution is -0.142. The molecule has 2 aromatic carbocycles. The maximum Gasteiger partial charge on any atom is 0.306 e. The van der Waals surface area contributed by atoms with Crippen LogP contribution in [-0.4, -0.2) is 29.3 Å². The third-order valence-corrected chi connectivity index (χ3v) is 4.80. The minimum atomic E-state index is -0.787. The Hall–Kier alpha value is -3.88. The molecule has 0 fully saturated rings. The predicted octanol–water partition coefficient (Wildman–Crippen LogP) is 4.96. The van der Waals surface area contributed by atoms with E-state index in [1.165, 1.54) is 24.4 Å². The van der Waals surface area contributed by atoms with Crippen molar-refractivity contribution in [2.24, 2.45) is 5.41 Å². The number of benzene rings is 2. The molecule has 1 amide bonds. The number of carbonyl (C=O) groups excluding carboxylic acids is 3. The molecule has 0 bridgehead atoms. The number of halogens is 2. The second-order valence-corrected chi connectivity index (χ2v) is 8.61. The number of anilines is 1. The molecule has 7 nitrogen and oxygen atoms in total.